The molecule has 0 radical (unpaired) electrons. The van der Waals surface area contributed by atoms with Crippen LogP contribution in [0.2, 0.25) is 0 Å². The molecular weight excluding hydrogens is 420 g/mol. The molecular formula is C31H52O3. The molecule has 0 heterocycles. The summed E-state index contributed by atoms with van der Waals surface area (Å²) < 4.78 is 5.33. The van der Waals surface area contributed by atoms with Gasteiger partial charge in [0.15, 0.2) is 0 Å². The van der Waals surface area contributed by atoms with E-state index >= 15 is 0 Å². The number of ether oxygens (including phenoxy) is 1. The summed E-state index contributed by atoms with van der Waals surface area (Å²) in [6.45, 7) is 8.94. The smallest absolute Gasteiger partial charge is 0.330 e. The van der Waals surface area contributed by atoms with E-state index in [4.69, 9.17) is 4.74 Å². The second kappa shape index (κ2) is 18.5. The van der Waals surface area contributed by atoms with Crippen LogP contribution in [0.15, 0.2) is 24.3 Å². The maximum absolute atomic E-state index is 12.0. The van der Waals surface area contributed by atoms with E-state index in [2.05, 4.69) is 27.7 Å². The average molecular weight is 473 g/mol. The third kappa shape index (κ3) is 15.2. The van der Waals surface area contributed by atoms with Gasteiger partial charge >= 0.3 is 5.97 Å². The summed E-state index contributed by atoms with van der Waals surface area (Å²) in [5.41, 5.74) is 1.61. The maximum atomic E-state index is 12.0. The molecule has 0 aliphatic rings. The van der Waals surface area contributed by atoms with E-state index in [1.54, 1.807) is 12.1 Å². The van der Waals surface area contributed by atoms with Crippen LogP contribution in [0, 0.1) is 0 Å². The first-order chi connectivity index (χ1) is 16.3. The molecule has 1 aromatic carbocycles. The van der Waals surface area contributed by atoms with Crippen LogP contribution in [0.1, 0.15) is 142 Å². The van der Waals surface area contributed by atoms with Gasteiger partial charge in [-0.25, -0.2) is 4.79 Å². The van der Waals surface area contributed by atoms with Crippen LogP contribution in [-0.4, -0.2) is 17.7 Å². The lowest BCUT2D eigenvalue weighted by Gasteiger charge is -2.20. The molecule has 1 aromatic rings. The van der Waals surface area contributed by atoms with Gasteiger partial charge in [-0.15, -0.1) is 0 Å². The quantitative estimate of drug-likeness (QED) is 0.124. The lowest BCUT2D eigenvalue weighted by Crippen LogP contribution is -2.11. The normalized spacial score (nSPS) is 11.9. The fourth-order valence-corrected chi connectivity index (χ4v) is 4.29. The van der Waals surface area contributed by atoms with Gasteiger partial charge in [0, 0.05) is 6.08 Å². The molecule has 0 fully saturated rings. The number of phenolic OH excluding ortho intramolecular Hbond substituents is 1. The summed E-state index contributed by atoms with van der Waals surface area (Å²) in [5, 5.41) is 10.0. The molecule has 0 bridgehead atoms. The van der Waals surface area contributed by atoms with Crippen molar-refractivity contribution >= 4 is 12.0 Å². The van der Waals surface area contributed by atoms with Crippen molar-refractivity contribution in [2.24, 2.45) is 0 Å². The highest BCUT2D eigenvalue weighted by Gasteiger charge is 2.17. The number of carbonyl (C=O) groups excluding carboxylic acids is 1. The van der Waals surface area contributed by atoms with E-state index in [1.165, 1.54) is 96.0 Å². The highest BCUT2D eigenvalue weighted by atomic mass is 16.5. The Labute approximate surface area is 210 Å². The van der Waals surface area contributed by atoms with Crippen molar-refractivity contribution in [2.45, 2.75) is 136 Å². The highest BCUT2D eigenvalue weighted by molar-refractivity contribution is 5.87. The van der Waals surface area contributed by atoms with E-state index in [0.29, 0.717) is 6.61 Å². The Bertz CT molecular complexity index is 684. The van der Waals surface area contributed by atoms with Crippen molar-refractivity contribution in [3.05, 3.63) is 35.4 Å². The van der Waals surface area contributed by atoms with E-state index in [1.807, 2.05) is 12.1 Å². The Balaban J connectivity index is 1.98. The molecule has 1 rings (SSSR count). The third-order valence-corrected chi connectivity index (χ3v) is 6.48. The average Bonchev–Trinajstić information content (AvgIpc) is 2.79. The minimum Gasteiger partial charge on any atom is -0.508 e. The largest absolute Gasteiger partial charge is 0.508 e. The van der Waals surface area contributed by atoms with Crippen LogP contribution >= 0.6 is 0 Å². The number of hydrogen-bond acceptors (Lipinski definition) is 3. The molecule has 0 unspecified atom stereocenters. The van der Waals surface area contributed by atoms with Crippen LogP contribution in [-0.2, 0) is 14.9 Å². The monoisotopic (exact) mass is 472 g/mol. The first kappa shape index (κ1) is 30.3. The van der Waals surface area contributed by atoms with Gasteiger partial charge in [0.25, 0.3) is 0 Å². The van der Waals surface area contributed by atoms with Crippen molar-refractivity contribution in [3.63, 3.8) is 0 Å². The van der Waals surface area contributed by atoms with Crippen molar-refractivity contribution < 1.29 is 14.6 Å². The maximum Gasteiger partial charge on any atom is 0.330 e. The molecule has 0 aliphatic carbocycles. The van der Waals surface area contributed by atoms with Gasteiger partial charge in [-0.2, -0.15) is 0 Å². The van der Waals surface area contributed by atoms with Crippen LogP contribution in [0.4, 0.5) is 0 Å². The Hall–Kier alpha value is -1.77. The fourth-order valence-electron chi connectivity index (χ4n) is 4.29. The molecule has 3 heteroatoms. The Kier molecular flexibility index (Phi) is 16.5. The van der Waals surface area contributed by atoms with Gasteiger partial charge < -0.3 is 9.84 Å². The molecule has 0 aliphatic heterocycles. The third-order valence-electron chi connectivity index (χ3n) is 6.48. The van der Waals surface area contributed by atoms with Crippen LogP contribution < -0.4 is 0 Å². The van der Waals surface area contributed by atoms with Gasteiger partial charge in [-0.1, -0.05) is 130 Å². The van der Waals surface area contributed by atoms with Crippen LogP contribution in [0.3, 0.4) is 0 Å². The van der Waals surface area contributed by atoms with Crippen molar-refractivity contribution in [1.82, 2.24) is 0 Å². The number of carbonyl (C=O) groups is 1. The molecule has 0 aromatic heterocycles. The zero-order chi connectivity index (χ0) is 25.1. The number of rotatable bonds is 19. The number of benzene rings is 1. The summed E-state index contributed by atoms with van der Waals surface area (Å²) in [5.74, 6) is -0.0120. The number of hydrogen-bond donors (Lipinski definition) is 1. The Morgan fingerprint density at radius 3 is 1.74 bits per heavy atom. The van der Waals surface area contributed by atoms with E-state index in [-0.39, 0.29) is 17.1 Å². The van der Waals surface area contributed by atoms with E-state index in [0.717, 1.165) is 24.0 Å². The van der Waals surface area contributed by atoms with E-state index < -0.39 is 0 Å². The van der Waals surface area contributed by atoms with E-state index in [9.17, 15) is 9.90 Å². The highest BCUT2D eigenvalue weighted by Crippen LogP contribution is 2.31. The molecule has 34 heavy (non-hydrogen) atoms. The molecule has 0 saturated carbocycles. The van der Waals surface area contributed by atoms with Crippen LogP contribution in [0.25, 0.3) is 6.08 Å². The predicted molar refractivity (Wildman–Crippen MR) is 146 cm³/mol. The topological polar surface area (TPSA) is 46.5 Å². The van der Waals surface area contributed by atoms with Crippen molar-refractivity contribution in [1.29, 1.82) is 0 Å². The molecule has 0 atom stereocenters. The molecule has 194 valence electrons. The van der Waals surface area contributed by atoms with Gasteiger partial charge in [0.2, 0.25) is 0 Å². The summed E-state index contributed by atoms with van der Waals surface area (Å²) in [4.78, 5) is 12.0. The Morgan fingerprint density at radius 2 is 1.26 bits per heavy atom. The standard InChI is InChI=1S/C31H52O3/c1-5-6-7-8-9-10-11-12-13-14-15-16-17-18-19-20-25-34-30(33)24-22-27-21-23-29(32)28(26-27)31(2,3)4/h21-24,26,32H,5-20,25H2,1-4H3/b24-22+. The zero-order valence-corrected chi connectivity index (χ0v) is 22.7. The lowest BCUT2D eigenvalue weighted by molar-refractivity contribution is -0.137. The van der Waals surface area contributed by atoms with Gasteiger partial charge in [-0.05, 0) is 41.2 Å². The second-order valence-electron chi connectivity index (χ2n) is 10.8. The zero-order valence-electron chi connectivity index (χ0n) is 22.7. The number of phenols is 1. The summed E-state index contributed by atoms with van der Waals surface area (Å²) >= 11 is 0. The van der Waals surface area contributed by atoms with Gasteiger partial charge in [-0.3, -0.25) is 0 Å². The molecule has 0 saturated heterocycles. The minimum absolute atomic E-state index is 0.151. The molecule has 1 N–H and O–H groups in total. The predicted octanol–water partition coefficient (Wildman–Crippen LogP) is 9.51. The number of esters is 1. The molecule has 0 spiro atoms. The number of unbranched alkanes of at least 4 members (excludes halogenated alkanes) is 15. The van der Waals surface area contributed by atoms with Gasteiger partial charge in [0.1, 0.15) is 5.75 Å². The summed E-state index contributed by atoms with van der Waals surface area (Å²) in [7, 11) is 0. The van der Waals surface area contributed by atoms with Crippen molar-refractivity contribution in [3.8, 4) is 5.75 Å². The summed E-state index contributed by atoms with van der Waals surface area (Å²) in [6.07, 6.45) is 24.6. The number of aromatic hydroxyl groups is 1. The first-order valence-corrected chi connectivity index (χ1v) is 14.0. The molecule has 0 amide bonds. The van der Waals surface area contributed by atoms with Crippen LogP contribution in [0.5, 0.6) is 5.75 Å². The Morgan fingerprint density at radius 1 is 0.794 bits per heavy atom. The fraction of sp³-hybridized carbons (Fsp3) is 0.710. The minimum atomic E-state index is -0.300. The van der Waals surface area contributed by atoms with Gasteiger partial charge in [0.05, 0.1) is 6.61 Å². The second-order valence-corrected chi connectivity index (χ2v) is 10.8. The van der Waals surface area contributed by atoms with Crippen molar-refractivity contribution in [2.75, 3.05) is 6.61 Å². The SMILES string of the molecule is CCCCCCCCCCCCCCCCCCOC(=O)/C=C/c1ccc(O)c(C(C)(C)C)c1. The molecule has 3 nitrogen and oxygen atoms in total. The first-order valence-electron chi connectivity index (χ1n) is 14.0. The summed E-state index contributed by atoms with van der Waals surface area (Å²) in [6, 6.07) is 5.42. The lowest BCUT2D eigenvalue weighted by atomic mass is 9.85.